The molecule has 2 aromatic carbocycles. The predicted molar refractivity (Wildman–Crippen MR) is 113 cm³/mol. The zero-order valence-corrected chi connectivity index (χ0v) is 17.0. The van der Waals surface area contributed by atoms with Crippen molar-refractivity contribution in [2.45, 2.75) is 38.6 Å². The molecule has 2 aromatic rings. The number of aliphatic carboxylic acids is 2. The first-order valence-electron chi connectivity index (χ1n) is 10.3. The number of carboxylic acid groups (broad SMARTS) is 2. The van der Waals surface area contributed by atoms with Gasteiger partial charge in [0.1, 0.15) is 0 Å². The van der Waals surface area contributed by atoms with Crippen LogP contribution in [-0.2, 0) is 20.8 Å². The van der Waals surface area contributed by atoms with Gasteiger partial charge < -0.3 is 15.5 Å². The third-order valence-corrected chi connectivity index (χ3v) is 5.88. The molecule has 158 valence electrons. The number of rotatable bonds is 9. The molecule has 30 heavy (non-hydrogen) atoms. The van der Waals surface area contributed by atoms with Gasteiger partial charge in [0.05, 0.1) is 17.8 Å². The van der Waals surface area contributed by atoms with Crippen molar-refractivity contribution in [1.82, 2.24) is 5.32 Å². The van der Waals surface area contributed by atoms with E-state index in [1.165, 1.54) is 0 Å². The Morgan fingerprint density at radius 1 is 0.933 bits per heavy atom. The molecular formula is C24H27NO5. The predicted octanol–water partition coefficient (Wildman–Crippen LogP) is 3.60. The van der Waals surface area contributed by atoms with E-state index in [0.29, 0.717) is 19.3 Å². The molecule has 0 bridgehead atoms. The van der Waals surface area contributed by atoms with Crippen LogP contribution in [0.1, 0.15) is 31.7 Å². The summed E-state index contributed by atoms with van der Waals surface area (Å²) in [6.45, 7) is 1.61. The first-order valence-corrected chi connectivity index (χ1v) is 10.3. The highest BCUT2D eigenvalue weighted by Crippen LogP contribution is 2.34. The van der Waals surface area contributed by atoms with Crippen molar-refractivity contribution >= 4 is 17.8 Å². The molecular weight excluding hydrogens is 382 g/mol. The van der Waals surface area contributed by atoms with Gasteiger partial charge >= 0.3 is 11.9 Å². The Morgan fingerprint density at radius 3 is 2.07 bits per heavy atom. The average molecular weight is 409 g/mol. The fourth-order valence-corrected chi connectivity index (χ4v) is 3.89. The van der Waals surface area contributed by atoms with Gasteiger partial charge in [-0.15, -0.1) is 0 Å². The lowest BCUT2D eigenvalue weighted by atomic mass is 9.73. The normalized spacial score (nSPS) is 19.9. The molecule has 0 aliphatic heterocycles. The summed E-state index contributed by atoms with van der Waals surface area (Å²) in [5.41, 5.74) is 3.18. The number of benzene rings is 2. The summed E-state index contributed by atoms with van der Waals surface area (Å²) < 4.78 is 0. The van der Waals surface area contributed by atoms with Crippen molar-refractivity contribution in [2.75, 3.05) is 0 Å². The largest absolute Gasteiger partial charge is 0.481 e. The topological polar surface area (TPSA) is 104 Å². The average Bonchev–Trinajstić information content (AvgIpc) is 2.67. The van der Waals surface area contributed by atoms with Crippen molar-refractivity contribution in [3.63, 3.8) is 0 Å². The van der Waals surface area contributed by atoms with Gasteiger partial charge in [-0.25, -0.2) is 0 Å². The Hall–Kier alpha value is -3.15. The van der Waals surface area contributed by atoms with Crippen LogP contribution in [0, 0.1) is 17.8 Å². The number of carbonyl (C=O) groups excluding carboxylic acids is 1. The Balaban J connectivity index is 1.70. The van der Waals surface area contributed by atoms with Gasteiger partial charge in [0.2, 0.25) is 5.91 Å². The van der Waals surface area contributed by atoms with Crippen LogP contribution in [0.4, 0.5) is 0 Å². The van der Waals surface area contributed by atoms with E-state index in [4.69, 9.17) is 0 Å². The molecule has 3 N–H and O–H groups in total. The first-order chi connectivity index (χ1) is 14.3. The molecule has 0 radical (unpaired) electrons. The van der Waals surface area contributed by atoms with Gasteiger partial charge in [-0.2, -0.15) is 0 Å². The van der Waals surface area contributed by atoms with Crippen LogP contribution in [0.15, 0.2) is 54.6 Å². The maximum Gasteiger partial charge on any atom is 0.307 e. The summed E-state index contributed by atoms with van der Waals surface area (Å²) in [6.07, 6.45) is 1.83. The van der Waals surface area contributed by atoms with Crippen LogP contribution in [0.3, 0.4) is 0 Å². The maximum absolute atomic E-state index is 12.6. The molecule has 3 rings (SSSR count). The molecule has 0 aromatic heterocycles. The second kappa shape index (κ2) is 9.57. The second-order valence-electron chi connectivity index (χ2n) is 8.08. The zero-order valence-electron chi connectivity index (χ0n) is 17.0. The monoisotopic (exact) mass is 409 g/mol. The highest BCUT2D eigenvalue weighted by atomic mass is 16.4. The van der Waals surface area contributed by atoms with Crippen molar-refractivity contribution < 1.29 is 24.6 Å². The zero-order chi connectivity index (χ0) is 21.7. The van der Waals surface area contributed by atoms with Gasteiger partial charge in [-0.3, -0.25) is 14.4 Å². The molecule has 0 saturated heterocycles. The summed E-state index contributed by atoms with van der Waals surface area (Å²) in [5, 5.41) is 21.4. The van der Waals surface area contributed by atoms with Gasteiger partial charge in [-0.1, -0.05) is 61.5 Å². The molecule has 1 aliphatic carbocycles. The SMILES string of the molecule is C[C@H](CC(Cc1ccc(-c2ccccc2)cc1)NC(=O)[C@H]1CC[C@H]1C(=O)O)C(=O)O. The van der Waals surface area contributed by atoms with Crippen molar-refractivity contribution in [2.24, 2.45) is 17.8 Å². The molecule has 1 amide bonds. The first kappa shape index (κ1) is 21.6. The Kier molecular flexibility index (Phi) is 6.87. The summed E-state index contributed by atoms with van der Waals surface area (Å²) in [5.74, 6) is -3.96. The van der Waals surface area contributed by atoms with Crippen molar-refractivity contribution in [1.29, 1.82) is 0 Å². The van der Waals surface area contributed by atoms with Crippen LogP contribution >= 0.6 is 0 Å². The van der Waals surface area contributed by atoms with Gasteiger partial charge in [-0.05, 0) is 42.4 Å². The summed E-state index contributed by atoms with van der Waals surface area (Å²) in [4.78, 5) is 35.2. The summed E-state index contributed by atoms with van der Waals surface area (Å²) in [7, 11) is 0. The van der Waals surface area contributed by atoms with Crippen LogP contribution in [0.2, 0.25) is 0 Å². The minimum Gasteiger partial charge on any atom is -0.481 e. The van der Waals surface area contributed by atoms with Gasteiger partial charge in [0, 0.05) is 6.04 Å². The third kappa shape index (κ3) is 5.26. The van der Waals surface area contributed by atoms with Crippen LogP contribution in [0.5, 0.6) is 0 Å². The lowest BCUT2D eigenvalue weighted by molar-refractivity contribution is -0.153. The van der Waals surface area contributed by atoms with Crippen LogP contribution in [-0.4, -0.2) is 34.1 Å². The number of carboxylic acids is 2. The van der Waals surface area contributed by atoms with Crippen LogP contribution in [0.25, 0.3) is 11.1 Å². The van der Waals surface area contributed by atoms with E-state index >= 15 is 0 Å². The number of hydrogen-bond donors (Lipinski definition) is 3. The molecule has 1 aliphatic rings. The van der Waals surface area contributed by atoms with Crippen LogP contribution < -0.4 is 5.32 Å². The lowest BCUT2D eigenvalue weighted by Gasteiger charge is -2.33. The standard InChI is InChI=1S/C24H27NO5/c1-15(23(27)28)13-19(25-22(26)20-11-12-21(20)24(29)30)14-16-7-9-18(10-8-16)17-5-3-2-4-6-17/h2-10,15,19-21H,11-14H2,1H3,(H,25,26)(H,27,28)(H,29,30)/t15-,19?,20+,21-/m1/s1. The van der Waals surface area contributed by atoms with Gasteiger partial charge in [0.15, 0.2) is 0 Å². The molecule has 1 saturated carbocycles. The molecule has 1 unspecified atom stereocenters. The fourth-order valence-electron chi connectivity index (χ4n) is 3.89. The van der Waals surface area contributed by atoms with E-state index in [0.717, 1.165) is 16.7 Å². The van der Waals surface area contributed by atoms with E-state index in [9.17, 15) is 24.6 Å². The Morgan fingerprint density at radius 2 is 1.53 bits per heavy atom. The van der Waals surface area contributed by atoms with E-state index in [1.54, 1.807) is 6.92 Å². The van der Waals surface area contributed by atoms with E-state index in [1.807, 2.05) is 54.6 Å². The Bertz CT molecular complexity index is 894. The second-order valence-corrected chi connectivity index (χ2v) is 8.08. The van der Waals surface area contributed by atoms with E-state index in [2.05, 4.69) is 5.32 Å². The number of amides is 1. The highest BCUT2D eigenvalue weighted by Gasteiger charge is 2.42. The smallest absolute Gasteiger partial charge is 0.307 e. The number of nitrogens with one attached hydrogen (secondary N) is 1. The highest BCUT2D eigenvalue weighted by molar-refractivity contribution is 5.86. The lowest BCUT2D eigenvalue weighted by Crippen LogP contribution is -2.48. The minimum atomic E-state index is -0.951. The third-order valence-electron chi connectivity index (χ3n) is 5.88. The summed E-state index contributed by atoms with van der Waals surface area (Å²) in [6, 6.07) is 17.6. The molecule has 6 nitrogen and oxygen atoms in total. The molecule has 1 fully saturated rings. The minimum absolute atomic E-state index is 0.284. The molecule has 6 heteroatoms. The van der Waals surface area contributed by atoms with Gasteiger partial charge in [0.25, 0.3) is 0 Å². The molecule has 0 spiro atoms. The molecule has 4 atom stereocenters. The van der Waals surface area contributed by atoms with Crippen molar-refractivity contribution in [3.8, 4) is 11.1 Å². The fraction of sp³-hybridized carbons (Fsp3) is 0.375. The van der Waals surface area contributed by atoms with E-state index < -0.39 is 29.7 Å². The number of carbonyl (C=O) groups is 3. The quantitative estimate of drug-likeness (QED) is 0.587. The number of hydrogen-bond acceptors (Lipinski definition) is 3. The molecule has 0 heterocycles. The maximum atomic E-state index is 12.6. The van der Waals surface area contributed by atoms with E-state index in [-0.39, 0.29) is 18.4 Å². The summed E-state index contributed by atoms with van der Waals surface area (Å²) >= 11 is 0. The van der Waals surface area contributed by atoms with Crippen molar-refractivity contribution in [3.05, 3.63) is 60.2 Å². The Labute approximate surface area is 175 Å².